The van der Waals surface area contributed by atoms with Crippen LogP contribution in [0, 0.1) is 0 Å². The lowest BCUT2D eigenvalue weighted by Gasteiger charge is -2.23. The molecule has 0 aliphatic carbocycles. The highest BCUT2D eigenvalue weighted by Crippen LogP contribution is 2.23. The van der Waals surface area contributed by atoms with Gasteiger partial charge in [-0.15, -0.1) is 11.3 Å². The van der Waals surface area contributed by atoms with Gasteiger partial charge < -0.3 is 10.2 Å². The van der Waals surface area contributed by atoms with E-state index in [2.05, 4.69) is 10.3 Å². The van der Waals surface area contributed by atoms with Crippen LogP contribution in [0.3, 0.4) is 0 Å². The van der Waals surface area contributed by atoms with E-state index in [4.69, 9.17) is 0 Å². The van der Waals surface area contributed by atoms with Crippen LogP contribution in [0.15, 0.2) is 35.7 Å². The summed E-state index contributed by atoms with van der Waals surface area (Å²) in [5.41, 5.74) is 1.46. The van der Waals surface area contributed by atoms with Gasteiger partial charge in [-0.05, 0) is 20.8 Å². The van der Waals surface area contributed by atoms with Crippen LogP contribution >= 0.6 is 11.3 Å². The van der Waals surface area contributed by atoms with Gasteiger partial charge in [0.05, 0.1) is 18.7 Å². The number of rotatable bonds is 5. The molecule has 6 heteroatoms. The first-order chi connectivity index (χ1) is 11.2. The lowest BCUT2D eigenvalue weighted by Crippen LogP contribution is -2.46. The minimum atomic E-state index is -0.305. The molecule has 2 amide bonds. The third-order valence-electron chi connectivity index (χ3n) is 3.23. The first-order valence-corrected chi connectivity index (χ1v) is 8.67. The molecule has 0 spiro atoms. The fourth-order valence-corrected chi connectivity index (χ4v) is 2.98. The van der Waals surface area contributed by atoms with Crippen molar-refractivity contribution >= 4 is 23.2 Å². The summed E-state index contributed by atoms with van der Waals surface area (Å²) in [5, 5.41) is 5.64. The zero-order chi connectivity index (χ0) is 17.7. The number of nitrogens with one attached hydrogen (secondary N) is 1. The van der Waals surface area contributed by atoms with Crippen molar-refractivity contribution in [1.82, 2.24) is 15.2 Å². The van der Waals surface area contributed by atoms with Gasteiger partial charge in [-0.25, -0.2) is 4.98 Å². The number of benzene rings is 1. The number of amides is 2. The molecule has 0 fully saturated rings. The average Bonchev–Trinajstić information content (AvgIpc) is 2.94. The van der Waals surface area contributed by atoms with Gasteiger partial charge in [-0.3, -0.25) is 9.59 Å². The number of hydrogen-bond acceptors (Lipinski definition) is 4. The maximum Gasteiger partial charge on any atom is 0.240 e. The highest BCUT2D eigenvalue weighted by molar-refractivity contribution is 7.13. The van der Waals surface area contributed by atoms with E-state index in [-0.39, 0.29) is 30.3 Å². The third-order valence-corrected chi connectivity index (χ3v) is 4.17. The summed E-state index contributed by atoms with van der Waals surface area (Å²) in [6, 6.07) is 9.87. The Hall–Kier alpha value is -2.21. The second-order valence-corrected chi connectivity index (χ2v) is 7.59. The number of thiazole rings is 1. The molecule has 0 saturated carbocycles. The average molecular weight is 345 g/mol. The molecular weight excluding hydrogens is 322 g/mol. The second-order valence-electron chi connectivity index (χ2n) is 6.73. The molecule has 128 valence electrons. The van der Waals surface area contributed by atoms with Gasteiger partial charge in [-0.1, -0.05) is 30.3 Å². The maximum absolute atomic E-state index is 12.3. The molecule has 1 N–H and O–H groups in total. The van der Waals surface area contributed by atoms with E-state index >= 15 is 0 Å². The standard InChI is InChI=1S/C18H23N3O2S/c1-18(2,3)20-15(22)11-21(4)16(23)10-14-12-24-17(19-14)13-8-6-5-7-9-13/h5-9,12H,10-11H2,1-4H3,(H,20,22). The Labute approximate surface area is 146 Å². The highest BCUT2D eigenvalue weighted by Gasteiger charge is 2.18. The lowest BCUT2D eigenvalue weighted by atomic mass is 10.1. The summed E-state index contributed by atoms with van der Waals surface area (Å²) >= 11 is 1.52. The molecule has 0 aliphatic heterocycles. The molecule has 1 aromatic carbocycles. The summed E-state index contributed by atoms with van der Waals surface area (Å²) in [5.74, 6) is -0.287. The molecule has 0 saturated heterocycles. The van der Waals surface area contributed by atoms with Crippen LogP contribution < -0.4 is 5.32 Å². The topological polar surface area (TPSA) is 62.3 Å². The number of carbonyl (C=O) groups is 2. The van der Waals surface area contributed by atoms with Crippen LogP contribution in [0.1, 0.15) is 26.5 Å². The molecule has 0 atom stereocenters. The Kier molecular flexibility index (Phi) is 5.72. The lowest BCUT2D eigenvalue weighted by molar-refractivity contribution is -0.134. The molecule has 2 aromatic rings. The van der Waals surface area contributed by atoms with E-state index in [1.165, 1.54) is 16.2 Å². The predicted molar refractivity (Wildman–Crippen MR) is 96.8 cm³/mol. The monoisotopic (exact) mass is 345 g/mol. The summed E-state index contributed by atoms with van der Waals surface area (Å²) in [7, 11) is 1.63. The zero-order valence-electron chi connectivity index (χ0n) is 14.5. The smallest absolute Gasteiger partial charge is 0.240 e. The van der Waals surface area contributed by atoms with Crippen molar-refractivity contribution in [2.24, 2.45) is 0 Å². The van der Waals surface area contributed by atoms with Crippen molar-refractivity contribution in [3.05, 3.63) is 41.4 Å². The molecule has 0 aliphatic rings. The first-order valence-electron chi connectivity index (χ1n) is 7.79. The Bertz CT molecular complexity index is 705. The van der Waals surface area contributed by atoms with E-state index in [1.807, 2.05) is 56.5 Å². The third kappa shape index (κ3) is 5.45. The van der Waals surface area contributed by atoms with Crippen LogP contribution in [0.25, 0.3) is 10.6 Å². The highest BCUT2D eigenvalue weighted by atomic mass is 32.1. The van der Waals surface area contributed by atoms with Crippen LogP contribution in [-0.2, 0) is 16.0 Å². The molecule has 24 heavy (non-hydrogen) atoms. The van der Waals surface area contributed by atoms with Crippen LogP contribution in [-0.4, -0.2) is 40.8 Å². The maximum atomic E-state index is 12.3. The number of carbonyl (C=O) groups excluding carboxylic acids is 2. The molecule has 1 aromatic heterocycles. The van der Waals surface area contributed by atoms with E-state index in [0.717, 1.165) is 16.3 Å². The quantitative estimate of drug-likeness (QED) is 0.906. The van der Waals surface area contributed by atoms with Crippen LogP contribution in [0.5, 0.6) is 0 Å². The van der Waals surface area contributed by atoms with Gasteiger partial charge in [-0.2, -0.15) is 0 Å². The van der Waals surface area contributed by atoms with E-state index in [0.29, 0.717) is 0 Å². The number of aromatic nitrogens is 1. The number of hydrogen-bond donors (Lipinski definition) is 1. The van der Waals surface area contributed by atoms with Crippen molar-refractivity contribution in [2.75, 3.05) is 13.6 Å². The summed E-state index contributed by atoms with van der Waals surface area (Å²) < 4.78 is 0. The summed E-state index contributed by atoms with van der Waals surface area (Å²) in [4.78, 5) is 30.1. The molecule has 0 unspecified atom stereocenters. The van der Waals surface area contributed by atoms with Crippen molar-refractivity contribution < 1.29 is 9.59 Å². The fourth-order valence-electron chi connectivity index (χ4n) is 2.15. The van der Waals surface area contributed by atoms with Crippen LogP contribution in [0.2, 0.25) is 0 Å². The van der Waals surface area contributed by atoms with Crippen molar-refractivity contribution in [1.29, 1.82) is 0 Å². The molecule has 1 heterocycles. The molecule has 0 bridgehead atoms. The van der Waals surface area contributed by atoms with Gasteiger partial charge >= 0.3 is 0 Å². The Balaban J connectivity index is 1.92. The zero-order valence-corrected chi connectivity index (χ0v) is 15.3. The summed E-state index contributed by atoms with van der Waals surface area (Å²) in [6.07, 6.45) is 0.197. The van der Waals surface area contributed by atoms with Crippen LogP contribution in [0.4, 0.5) is 0 Å². The largest absolute Gasteiger partial charge is 0.350 e. The van der Waals surface area contributed by atoms with E-state index in [1.54, 1.807) is 7.05 Å². The fraction of sp³-hybridized carbons (Fsp3) is 0.389. The van der Waals surface area contributed by atoms with Crippen molar-refractivity contribution in [3.63, 3.8) is 0 Å². The Morgan fingerprint density at radius 1 is 1.21 bits per heavy atom. The van der Waals surface area contributed by atoms with Gasteiger partial charge in [0, 0.05) is 23.5 Å². The SMILES string of the molecule is CN(CC(=O)NC(C)(C)C)C(=O)Cc1csc(-c2ccccc2)n1. The molecular formula is C18H23N3O2S. The second kappa shape index (κ2) is 7.57. The number of nitrogens with zero attached hydrogens (tertiary/aromatic N) is 2. The van der Waals surface area contributed by atoms with Gasteiger partial charge in [0.1, 0.15) is 5.01 Å². The van der Waals surface area contributed by atoms with E-state index in [9.17, 15) is 9.59 Å². The molecule has 2 rings (SSSR count). The number of likely N-dealkylation sites (N-methyl/N-ethyl adjacent to an activating group) is 1. The Morgan fingerprint density at radius 2 is 1.88 bits per heavy atom. The van der Waals surface area contributed by atoms with E-state index < -0.39 is 0 Å². The summed E-state index contributed by atoms with van der Waals surface area (Å²) in [6.45, 7) is 5.78. The molecule has 0 radical (unpaired) electrons. The van der Waals surface area contributed by atoms with Gasteiger partial charge in [0.2, 0.25) is 11.8 Å². The van der Waals surface area contributed by atoms with Crippen molar-refractivity contribution in [3.8, 4) is 10.6 Å². The predicted octanol–water partition coefficient (Wildman–Crippen LogP) is 2.73. The minimum Gasteiger partial charge on any atom is -0.350 e. The normalized spacial score (nSPS) is 11.2. The molecule has 5 nitrogen and oxygen atoms in total. The van der Waals surface area contributed by atoms with Gasteiger partial charge in [0.15, 0.2) is 0 Å². The Morgan fingerprint density at radius 3 is 2.50 bits per heavy atom. The van der Waals surface area contributed by atoms with Gasteiger partial charge in [0.25, 0.3) is 0 Å². The first kappa shape index (κ1) is 18.1. The van der Waals surface area contributed by atoms with Crippen molar-refractivity contribution in [2.45, 2.75) is 32.7 Å². The minimum absolute atomic E-state index is 0.0474.